The number of rotatable bonds is 3. The number of halogens is 1. The van der Waals surface area contributed by atoms with Gasteiger partial charge in [0, 0.05) is 17.5 Å². The summed E-state index contributed by atoms with van der Waals surface area (Å²) < 4.78 is 0. The second kappa shape index (κ2) is 3.73. The maximum Gasteiger partial charge on any atom is 0.0957 e. The number of aliphatic hydroxyl groups is 1. The Kier molecular flexibility index (Phi) is 3.09. The van der Waals surface area contributed by atoms with Crippen LogP contribution in [0.2, 0.25) is 0 Å². The molecule has 0 spiro atoms. The molecule has 1 atom stereocenters. The van der Waals surface area contributed by atoms with E-state index in [4.69, 9.17) is 11.6 Å². The van der Waals surface area contributed by atoms with Crippen LogP contribution in [-0.4, -0.2) is 21.6 Å². The molecular formula is C8H12ClNOS. The van der Waals surface area contributed by atoms with Gasteiger partial charge in [-0.25, -0.2) is 4.98 Å². The second-order valence-corrected chi connectivity index (χ2v) is 4.40. The lowest BCUT2D eigenvalue weighted by Crippen LogP contribution is -2.29. The van der Waals surface area contributed by atoms with Gasteiger partial charge in [-0.05, 0) is 13.8 Å². The van der Waals surface area contributed by atoms with E-state index in [0.29, 0.717) is 6.42 Å². The fourth-order valence-corrected chi connectivity index (χ4v) is 1.90. The molecule has 0 bridgehead atoms. The SMILES string of the molecule is Cc1csc(CC(C)(O)CCl)n1. The molecule has 0 aromatic carbocycles. The second-order valence-electron chi connectivity index (χ2n) is 3.19. The van der Waals surface area contributed by atoms with Crippen LogP contribution in [0.25, 0.3) is 0 Å². The molecule has 0 fully saturated rings. The molecule has 1 N–H and O–H groups in total. The summed E-state index contributed by atoms with van der Waals surface area (Å²) in [6.45, 7) is 3.66. The summed E-state index contributed by atoms with van der Waals surface area (Å²) in [5, 5.41) is 12.5. The molecule has 1 aromatic rings. The minimum absolute atomic E-state index is 0.242. The van der Waals surface area contributed by atoms with E-state index in [1.165, 1.54) is 0 Å². The van der Waals surface area contributed by atoms with Crippen molar-refractivity contribution in [1.82, 2.24) is 4.98 Å². The van der Waals surface area contributed by atoms with E-state index in [0.717, 1.165) is 10.7 Å². The fraction of sp³-hybridized carbons (Fsp3) is 0.625. The highest BCUT2D eigenvalue weighted by atomic mass is 35.5. The van der Waals surface area contributed by atoms with E-state index >= 15 is 0 Å². The lowest BCUT2D eigenvalue weighted by molar-refractivity contribution is 0.0845. The van der Waals surface area contributed by atoms with Crippen LogP contribution >= 0.6 is 22.9 Å². The Labute approximate surface area is 81.2 Å². The average Bonchev–Trinajstić information content (AvgIpc) is 2.35. The molecule has 0 radical (unpaired) electrons. The van der Waals surface area contributed by atoms with Crippen LogP contribution in [0.3, 0.4) is 0 Å². The zero-order chi connectivity index (χ0) is 9.19. The number of aryl methyl sites for hydroxylation is 1. The van der Waals surface area contributed by atoms with Crippen molar-refractivity contribution >= 4 is 22.9 Å². The fourth-order valence-electron chi connectivity index (χ4n) is 0.857. The lowest BCUT2D eigenvalue weighted by Gasteiger charge is -2.17. The highest BCUT2D eigenvalue weighted by molar-refractivity contribution is 7.09. The first-order valence-corrected chi connectivity index (χ1v) is 5.14. The van der Waals surface area contributed by atoms with E-state index < -0.39 is 5.60 Å². The van der Waals surface area contributed by atoms with Crippen molar-refractivity contribution in [1.29, 1.82) is 0 Å². The minimum atomic E-state index is -0.828. The van der Waals surface area contributed by atoms with Crippen molar-refractivity contribution in [2.75, 3.05) is 5.88 Å². The van der Waals surface area contributed by atoms with Crippen molar-refractivity contribution in [3.63, 3.8) is 0 Å². The van der Waals surface area contributed by atoms with Gasteiger partial charge in [-0.3, -0.25) is 0 Å². The first-order valence-electron chi connectivity index (χ1n) is 3.73. The molecule has 1 unspecified atom stereocenters. The third kappa shape index (κ3) is 2.73. The van der Waals surface area contributed by atoms with Crippen molar-refractivity contribution in [2.24, 2.45) is 0 Å². The van der Waals surface area contributed by atoms with Crippen LogP contribution in [0, 0.1) is 6.92 Å². The molecule has 2 nitrogen and oxygen atoms in total. The molecule has 1 heterocycles. The van der Waals surface area contributed by atoms with Gasteiger partial charge in [0.25, 0.3) is 0 Å². The van der Waals surface area contributed by atoms with E-state index in [9.17, 15) is 5.11 Å². The number of hydrogen-bond acceptors (Lipinski definition) is 3. The van der Waals surface area contributed by atoms with Crippen LogP contribution in [0.15, 0.2) is 5.38 Å². The summed E-state index contributed by atoms with van der Waals surface area (Å²) in [6.07, 6.45) is 0.537. The summed E-state index contributed by atoms with van der Waals surface area (Å²) in [6, 6.07) is 0. The van der Waals surface area contributed by atoms with Crippen molar-refractivity contribution in [3.05, 3.63) is 16.1 Å². The average molecular weight is 206 g/mol. The molecule has 1 rings (SSSR count). The predicted molar refractivity (Wildman–Crippen MR) is 51.9 cm³/mol. The Balaban J connectivity index is 2.63. The standard InChI is InChI=1S/C8H12ClNOS/c1-6-4-12-7(10-6)3-8(2,11)5-9/h4,11H,3,5H2,1-2H3. The van der Waals surface area contributed by atoms with Gasteiger partial charge in [-0.2, -0.15) is 0 Å². The first-order chi connectivity index (χ1) is 5.53. The summed E-state index contributed by atoms with van der Waals surface area (Å²) in [4.78, 5) is 4.24. The third-order valence-electron chi connectivity index (χ3n) is 1.49. The first kappa shape index (κ1) is 9.96. The van der Waals surface area contributed by atoms with Gasteiger partial charge in [0.05, 0.1) is 16.5 Å². The molecule has 0 saturated heterocycles. The van der Waals surface area contributed by atoms with Gasteiger partial charge in [-0.15, -0.1) is 22.9 Å². The monoisotopic (exact) mass is 205 g/mol. The summed E-state index contributed by atoms with van der Waals surface area (Å²) in [5.74, 6) is 0.242. The Bertz CT molecular complexity index is 259. The summed E-state index contributed by atoms with van der Waals surface area (Å²) in [5.41, 5.74) is 0.173. The van der Waals surface area contributed by atoms with Gasteiger partial charge in [-0.1, -0.05) is 0 Å². The highest BCUT2D eigenvalue weighted by Gasteiger charge is 2.20. The molecule has 0 aliphatic heterocycles. The van der Waals surface area contributed by atoms with Crippen molar-refractivity contribution < 1.29 is 5.11 Å². The zero-order valence-electron chi connectivity index (χ0n) is 7.17. The van der Waals surface area contributed by atoms with Crippen LogP contribution in [0.4, 0.5) is 0 Å². The van der Waals surface area contributed by atoms with Crippen molar-refractivity contribution in [3.8, 4) is 0 Å². The van der Waals surface area contributed by atoms with Crippen LogP contribution < -0.4 is 0 Å². The summed E-state index contributed by atoms with van der Waals surface area (Å²) >= 11 is 7.14. The minimum Gasteiger partial charge on any atom is -0.388 e. The quantitative estimate of drug-likeness (QED) is 0.766. The van der Waals surface area contributed by atoms with Crippen molar-refractivity contribution in [2.45, 2.75) is 25.9 Å². The molecule has 4 heteroatoms. The maximum absolute atomic E-state index is 9.62. The highest BCUT2D eigenvalue weighted by Crippen LogP contribution is 2.17. The topological polar surface area (TPSA) is 33.1 Å². The molecule has 12 heavy (non-hydrogen) atoms. The molecule has 0 amide bonds. The molecule has 0 aliphatic carbocycles. The third-order valence-corrected chi connectivity index (χ3v) is 3.03. The lowest BCUT2D eigenvalue weighted by atomic mass is 10.1. The maximum atomic E-state index is 9.62. The Hall–Kier alpha value is -0.120. The largest absolute Gasteiger partial charge is 0.388 e. The van der Waals surface area contributed by atoms with E-state index in [-0.39, 0.29) is 5.88 Å². The van der Waals surface area contributed by atoms with E-state index in [2.05, 4.69) is 4.98 Å². The normalized spacial score (nSPS) is 16.0. The van der Waals surface area contributed by atoms with Gasteiger partial charge in [0.15, 0.2) is 0 Å². The van der Waals surface area contributed by atoms with E-state index in [1.807, 2.05) is 12.3 Å². The van der Waals surface area contributed by atoms with Gasteiger partial charge in [0.1, 0.15) is 0 Å². The number of alkyl halides is 1. The Morgan fingerprint density at radius 2 is 2.42 bits per heavy atom. The van der Waals surface area contributed by atoms with E-state index in [1.54, 1.807) is 18.3 Å². The van der Waals surface area contributed by atoms with Crippen LogP contribution in [-0.2, 0) is 6.42 Å². The Morgan fingerprint density at radius 3 is 2.83 bits per heavy atom. The van der Waals surface area contributed by atoms with Gasteiger partial charge in [0.2, 0.25) is 0 Å². The zero-order valence-corrected chi connectivity index (χ0v) is 8.74. The smallest absolute Gasteiger partial charge is 0.0957 e. The van der Waals surface area contributed by atoms with Gasteiger partial charge >= 0.3 is 0 Å². The molecule has 1 aromatic heterocycles. The summed E-state index contributed by atoms with van der Waals surface area (Å²) in [7, 11) is 0. The number of thiazole rings is 1. The predicted octanol–water partition coefficient (Wildman–Crippen LogP) is 1.98. The molecular weight excluding hydrogens is 194 g/mol. The Morgan fingerprint density at radius 1 is 1.75 bits per heavy atom. The van der Waals surface area contributed by atoms with Gasteiger partial charge < -0.3 is 5.11 Å². The molecule has 0 aliphatic rings. The number of nitrogens with zero attached hydrogens (tertiary/aromatic N) is 1. The van der Waals surface area contributed by atoms with Crippen LogP contribution in [0.5, 0.6) is 0 Å². The molecule has 0 saturated carbocycles. The molecule has 68 valence electrons. The van der Waals surface area contributed by atoms with Crippen LogP contribution in [0.1, 0.15) is 17.6 Å². The number of hydrogen-bond donors (Lipinski definition) is 1. The number of aromatic nitrogens is 1.